The lowest BCUT2D eigenvalue weighted by atomic mass is 10.2. The summed E-state index contributed by atoms with van der Waals surface area (Å²) in [5.41, 5.74) is 2.93. The number of nitrogens with zero attached hydrogens (tertiary/aromatic N) is 4. The molecule has 0 aliphatic carbocycles. The fourth-order valence-corrected chi connectivity index (χ4v) is 3.02. The summed E-state index contributed by atoms with van der Waals surface area (Å²) in [6.07, 6.45) is 1.66. The molecule has 4 aromatic rings. The molecule has 5 nitrogen and oxygen atoms in total. The van der Waals surface area contributed by atoms with Gasteiger partial charge in [-0.3, -0.25) is 0 Å². The summed E-state index contributed by atoms with van der Waals surface area (Å²) >= 11 is 6.23. The molecule has 0 aliphatic rings. The average Bonchev–Trinajstić information content (AvgIpc) is 2.75. The van der Waals surface area contributed by atoms with E-state index >= 15 is 0 Å². The molecule has 1 N–H and O–H groups in total. The minimum absolute atomic E-state index is 0.389. The topological polar surface area (TPSA) is 53.9 Å². The third kappa shape index (κ3) is 4.27. The average molecular weight is 388 g/mol. The van der Waals surface area contributed by atoms with E-state index in [4.69, 9.17) is 11.6 Å². The number of para-hydroxylation sites is 2. The highest BCUT2D eigenvalue weighted by Crippen LogP contribution is 2.27. The number of hydrogen-bond donors (Lipinski definition) is 1. The van der Waals surface area contributed by atoms with Crippen LogP contribution in [0.4, 0.5) is 23.1 Å². The smallest absolute Gasteiger partial charge is 0.249 e. The van der Waals surface area contributed by atoms with Gasteiger partial charge in [-0.2, -0.15) is 10.1 Å². The molecule has 0 saturated heterocycles. The minimum atomic E-state index is 0.389. The molecule has 138 valence electrons. The number of nitrogens with one attached hydrogen (secondary N) is 1. The fourth-order valence-electron chi connectivity index (χ4n) is 2.84. The third-order valence-corrected chi connectivity index (χ3v) is 4.52. The molecule has 0 fully saturated rings. The van der Waals surface area contributed by atoms with Crippen LogP contribution in [0.5, 0.6) is 0 Å². The van der Waals surface area contributed by atoms with Crippen molar-refractivity contribution < 1.29 is 0 Å². The van der Waals surface area contributed by atoms with E-state index in [1.54, 1.807) is 6.20 Å². The molecule has 0 bridgehead atoms. The molecule has 6 heteroatoms. The lowest BCUT2D eigenvalue weighted by Gasteiger charge is -2.24. The van der Waals surface area contributed by atoms with Gasteiger partial charge in [-0.15, -0.1) is 5.10 Å². The van der Waals surface area contributed by atoms with Crippen molar-refractivity contribution in [3.63, 3.8) is 0 Å². The van der Waals surface area contributed by atoms with Gasteiger partial charge in [0.25, 0.3) is 0 Å². The maximum atomic E-state index is 6.23. The lowest BCUT2D eigenvalue weighted by molar-refractivity contribution is 0.900. The molecule has 0 unspecified atom stereocenters. The summed E-state index contributed by atoms with van der Waals surface area (Å²) in [5, 5.41) is 12.0. The molecule has 0 amide bonds. The maximum absolute atomic E-state index is 6.23. The summed E-state index contributed by atoms with van der Waals surface area (Å²) in [6.45, 7) is 0.662. The Kier molecular flexibility index (Phi) is 5.45. The predicted octanol–water partition coefficient (Wildman–Crippen LogP) is 5.61. The Bertz CT molecular complexity index is 1040. The van der Waals surface area contributed by atoms with Crippen LogP contribution in [-0.4, -0.2) is 15.2 Å². The predicted molar refractivity (Wildman–Crippen MR) is 113 cm³/mol. The van der Waals surface area contributed by atoms with Gasteiger partial charge in [-0.25, -0.2) is 0 Å². The molecule has 3 aromatic carbocycles. The Balaban J connectivity index is 1.67. The first-order chi connectivity index (χ1) is 13.8. The second kappa shape index (κ2) is 8.50. The summed E-state index contributed by atoms with van der Waals surface area (Å²) in [4.78, 5) is 6.76. The van der Waals surface area contributed by atoms with Gasteiger partial charge >= 0.3 is 0 Å². The van der Waals surface area contributed by atoms with Gasteiger partial charge in [-0.1, -0.05) is 72.3 Å². The second-order valence-electron chi connectivity index (χ2n) is 6.15. The first-order valence-corrected chi connectivity index (χ1v) is 9.25. The Morgan fingerprint density at radius 2 is 1.50 bits per heavy atom. The highest BCUT2D eigenvalue weighted by Gasteiger charge is 2.13. The van der Waals surface area contributed by atoms with E-state index in [-0.39, 0.29) is 0 Å². The van der Waals surface area contributed by atoms with Gasteiger partial charge in [0.1, 0.15) is 0 Å². The summed E-state index contributed by atoms with van der Waals surface area (Å²) in [6, 6.07) is 27.8. The number of hydrogen-bond acceptors (Lipinski definition) is 5. The highest BCUT2D eigenvalue weighted by molar-refractivity contribution is 6.33. The van der Waals surface area contributed by atoms with Crippen molar-refractivity contribution in [3.8, 4) is 0 Å². The van der Waals surface area contributed by atoms with Crippen molar-refractivity contribution in [1.82, 2.24) is 15.2 Å². The van der Waals surface area contributed by atoms with E-state index in [1.165, 1.54) is 5.56 Å². The fraction of sp³-hybridized carbons (Fsp3) is 0.0455. The molecular formula is C22H18ClN5. The van der Waals surface area contributed by atoms with Gasteiger partial charge in [0.05, 0.1) is 16.9 Å². The van der Waals surface area contributed by atoms with Crippen molar-refractivity contribution in [3.05, 3.63) is 102 Å². The first kappa shape index (κ1) is 17.9. The van der Waals surface area contributed by atoms with Crippen LogP contribution in [-0.2, 0) is 6.54 Å². The molecule has 0 radical (unpaired) electrons. The van der Waals surface area contributed by atoms with Crippen LogP contribution in [0.15, 0.2) is 91.1 Å². The Morgan fingerprint density at radius 3 is 2.25 bits per heavy atom. The number of rotatable bonds is 6. The van der Waals surface area contributed by atoms with Crippen LogP contribution < -0.4 is 10.2 Å². The number of aromatic nitrogens is 3. The van der Waals surface area contributed by atoms with E-state index in [1.807, 2.05) is 72.8 Å². The van der Waals surface area contributed by atoms with Crippen molar-refractivity contribution in [1.29, 1.82) is 0 Å². The molecule has 0 spiro atoms. The molecule has 0 saturated carbocycles. The molecule has 0 atom stereocenters. The molecule has 1 aromatic heterocycles. The van der Waals surface area contributed by atoms with Crippen LogP contribution in [0, 0.1) is 0 Å². The largest absolute Gasteiger partial charge is 0.321 e. The van der Waals surface area contributed by atoms with E-state index in [0.717, 1.165) is 11.4 Å². The Labute approximate surface area is 168 Å². The third-order valence-electron chi connectivity index (χ3n) is 4.19. The van der Waals surface area contributed by atoms with Gasteiger partial charge < -0.3 is 10.2 Å². The van der Waals surface area contributed by atoms with Crippen molar-refractivity contribution >= 4 is 34.7 Å². The summed E-state index contributed by atoms with van der Waals surface area (Å²) < 4.78 is 0. The van der Waals surface area contributed by atoms with E-state index in [2.05, 4.69) is 37.5 Å². The molecule has 4 rings (SSSR count). The van der Waals surface area contributed by atoms with Crippen LogP contribution in [0.1, 0.15) is 5.56 Å². The van der Waals surface area contributed by atoms with Crippen LogP contribution in [0.3, 0.4) is 0 Å². The standard InChI is InChI=1S/C22H18ClN5/c23-19-13-7-8-14-20(19)25-22-26-21(15-24-27-22)28(18-11-5-2-6-12-18)16-17-9-3-1-4-10-17/h1-15H,16H2,(H,25,26,27). The lowest BCUT2D eigenvalue weighted by Crippen LogP contribution is -2.18. The summed E-state index contributed by atoms with van der Waals surface area (Å²) in [7, 11) is 0. The van der Waals surface area contributed by atoms with Crippen LogP contribution in [0.2, 0.25) is 5.02 Å². The van der Waals surface area contributed by atoms with Crippen molar-refractivity contribution in [2.24, 2.45) is 0 Å². The van der Waals surface area contributed by atoms with E-state index in [9.17, 15) is 0 Å². The quantitative estimate of drug-likeness (QED) is 0.466. The first-order valence-electron chi connectivity index (χ1n) is 8.87. The monoisotopic (exact) mass is 387 g/mol. The van der Waals surface area contributed by atoms with E-state index in [0.29, 0.717) is 23.3 Å². The van der Waals surface area contributed by atoms with Crippen molar-refractivity contribution in [2.45, 2.75) is 6.54 Å². The maximum Gasteiger partial charge on any atom is 0.249 e. The normalized spacial score (nSPS) is 10.5. The number of halogens is 1. The Hall–Kier alpha value is -3.44. The van der Waals surface area contributed by atoms with Gasteiger partial charge in [0.2, 0.25) is 5.95 Å². The number of benzene rings is 3. The molecule has 1 heterocycles. The zero-order valence-electron chi connectivity index (χ0n) is 15.0. The SMILES string of the molecule is Clc1ccccc1Nc1nncc(N(Cc2ccccc2)c2ccccc2)n1. The van der Waals surface area contributed by atoms with Gasteiger partial charge in [-0.05, 0) is 29.8 Å². The number of anilines is 4. The Morgan fingerprint density at radius 1 is 0.821 bits per heavy atom. The van der Waals surface area contributed by atoms with E-state index < -0.39 is 0 Å². The zero-order valence-corrected chi connectivity index (χ0v) is 15.8. The summed E-state index contributed by atoms with van der Waals surface area (Å²) in [5.74, 6) is 1.08. The second-order valence-corrected chi connectivity index (χ2v) is 6.56. The minimum Gasteiger partial charge on any atom is -0.321 e. The highest BCUT2D eigenvalue weighted by atomic mass is 35.5. The van der Waals surface area contributed by atoms with Crippen molar-refractivity contribution in [2.75, 3.05) is 10.2 Å². The van der Waals surface area contributed by atoms with Crippen LogP contribution in [0.25, 0.3) is 0 Å². The zero-order chi connectivity index (χ0) is 19.2. The van der Waals surface area contributed by atoms with Crippen LogP contribution >= 0.6 is 11.6 Å². The molecule has 0 aliphatic heterocycles. The van der Waals surface area contributed by atoms with Gasteiger partial charge in [0, 0.05) is 12.2 Å². The molecular weight excluding hydrogens is 370 g/mol. The molecule has 28 heavy (non-hydrogen) atoms. The van der Waals surface area contributed by atoms with Gasteiger partial charge in [0.15, 0.2) is 5.82 Å².